The molecule has 0 saturated carbocycles. The lowest BCUT2D eigenvalue weighted by Gasteiger charge is -2.09. The SMILES string of the molecule is C[C@@H](O)CCn1c(=O)oc2ccc(-c3ccc(OC(F)(F)F)cc3)cc21. The molecule has 1 N–H and O–H groups in total. The number of ether oxygens (including phenoxy) is 1. The number of aryl methyl sites for hydroxylation is 1. The molecule has 0 radical (unpaired) electrons. The number of hydrogen-bond donors (Lipinski definition) is 1. The Hall–Kier alpha value is -2.74. The van der Waals surface area contributed by atoms with Gasteiger partial charge in [-0.2, -0.15) is 0 Å². The normalized spacial score (nSPS) is 13.1. The van der Waals surface area contributed by atoms with Gasteiger partial charge in [-0.05, 0) is 48.7 Å². The molecule has 5 nitrogen and oxygen atoms in total. The highest BCUT2D eigenvalue weighted by Gasteiger charge is 2.30. The summed E-state index contributed by atoms with van der Waals surface area (Å²) >= 11 is 0. The van der Waals surface area contributed by atoms with Gasteiger partial charge in [0.1, 0.15) is 5.75 Å². The fraction of sp³-hybridized carbons (Fsp3) is 0.278. The van der Waals surface area contributed by atoms with E-state index >= 15 is 0 Å². The van der Waals surface area contributed by atoms with E-state index in [1.165, 1.54) is 28.8 Å². The predicted octanol–water partition coefficient (Wildman–Crippen LogP) is 3.93. The van der Waals surface area contributed by atoms with Crippen molar-refractivity contribution in [2.45, 2.75) is 32.4 Å². The van der Waals surface area contributed by atoms with Crippen LogP contribution in [0.4, 0.5) is 13.2 Å². The van der Waals surface area contributed by atoms with E-state index in [4.69, 9.17) is 4.42 Å². The van der Waals surface area contributed by atoms with E-state index in [-0.39, 0.29) is 5.75 Å². The van der Waals surface area contributed by atoms with E-state index in [9.17, 15) is 23.1 Å². The number of alkyl halides is 3. The molecular weight excluding hydrogens is 351 g/mol. The molecule has 0 fully saturated rings. The summed E-state index contributed by atoms with van der Waals surface area (Å²) in [5.74, 6) is -0.828. The molecule has 1 atom stereocenters. The molecule has 0 spiro atoms. The minimum atomic E-state index is -4.74. The second kappa shape index (κ2) is 6.87. The Labute approximate surface area is 146 Å². The minimum Gasteiger partial charge on any atom is -0.408 e. The molecule has 0 aliphatic heterocycles. The van der Waals surface area contributed by atoms with Crippen molar-refractivity contribution in [2.75, 3.05) is 0 Å². The molecule has 1 aromatic heterocycles. The Balaban J connectivity index is 1.93. The van der Waals surface area contributed by atoms with E-state index in [1.807, 2.05) is 0 Å². The van der Waals surface area contributed by atoms with Crippen molar-refractivity contribution in [3.8, 4) is 16.9 Å². The van der Waals surface area contributed by atoms with Gasteiger partial charge in [0.05, 0.1) is 11.6 Å². The lowest BCUT2D eigenvalue weighted by molar-refractivity contribution is -0.274. The van der Waals surface area contributed by atoms with Gasteiger partial charge in [0.15, 0.2) is 5.58 Å². The first kappa shape index (κ1) is 18.1. The molecule has 0 bridgehead atoms. The van der Waals surface area contributed by atoms with Crippen LogP contribution < -0.4 is 10.5 Å². The van der Waals surface area contributed by atoms with Gasteiger partial charge in [-0.1, -0.05) is 18.2 Å². The number of fused-ring (bicyclic) bond motifs is 1. The van der Waals surface area contributed by atoms with Crippen LogP contribution in [0.2, 0.25) is 0 Å². The number of halogens is 3. The van der Waals surface area contributed by atoms with Crippen LogP contribution in [0.15, 0.2) is 51.7 Å². The maximum Gasteiger partial charge on any atom is 0.573 e. The molecule has 0 amide bonds. The summed E-state index contributed by atoms with van der Waals surface area (Å²) in [6, 6.07) is 10.5. The Morgan fingerprint density at radius 3 is 2.42 bits per heavy atom. The molecule has 8 heteroatoms. The van der Waals surface area contributed by atoms with Crippen LogP contribution in [0.25, 0.3) is 22.2 Å². The summed E-state index contributed by atoms with van der Waals surface area (Å²) < 4.78 is 47.2. The molecule has 138 valence electrons. The van der Waals surface area contributed by atoms with Crippen molar-refractivity contribution in [3.05, 3.63) is 53.0 Å². The van der Waals surface area contributed by atoms with Gasteiger partial charge in [-0.3, -0.25) is 4.57 Å². The zero-order valence-corrected chi connectivity index (χ0v) is 13.8. The summed E-state index contributed by atoms with van der Waals surface area (Å²) in [5.41, 5.74) is 2.34. The Morgan fingerprint density at radius 1 is 1.15 bits per heavy atom. The smallest absolute Gasteiger partial charge is 0.408 e. The molecule has 2 aromatic carbocycles. The second-order valence-corrected chi connectivity index (χ2v) is 5.91. The number of hydrogen-bond acceptors (Lipinski definition) is 4. The summed E-state index contributed by atoms with van der Waals surface area (Å²) in [4.78, 5) is 12.0. The van der Waals surface area contributed by atoms with Crippen LogP contribution in [0.5, 0.6) is 5.75 Å². The molecular formula is C18H16F3NO4. The highest BCUT2D eigenvalue weighted by molar-refractivity contribution is 5.80. The van der Waals surface area contributed by atoms with Crippen molar-refractivity contribution in [1.29, 1.82) is 0 Å². The van der Waals surface area contributed by atoms with E-state index in [0.29, 0.717) is 35.2 Å². The van der Waals surface area contributed by atoms with Gasteiger partial charge in [-0.25, -0.2) is 4.79 Å². The average molecular weight is 367 g/mol. The molecule has 3 aromatic rings. The minimum absolute atomic E-state index is 0.297. The number of benzene rings is 2. The summed E-state index contributed by atoms with van der Waals surface area (Å²) in [6.07, 6.45) is -4.91. The zero-order valence-electron chi connectivity index (χ0n) is 13.8. The Kier molecular flexibility index (Phi) is 4.78. The summed E-state index contributed by atoms with van der Waals surface area (Å²) in [6.45, 7) is 1.93. The Bertz CT molecular complexity index is 955. The van der Waals surface area contributed by atoms with Crippen molar-refractivity contribution >= 4 is 11.1 Å². The highest BCUT2D eigenvalue weighted by Crippen LogP contribution is 2.28. The number of aliphatic hydroxyl groups excluding tert-OH is 1. The Morgan fingerprint density at radius 2 is 1.81 bits per heavy atom. The van der Waals surface area contributed by atoms with E-state index in [1.54, 1.807) is 25.1 Å². The fourth-order valence-electron chi connectivity index (χ4n) is 2.62. The topological polar surface area (TPSA) is 64.6 Å². The maximum atomic E-state index is 12.2. The zero-order chi connectivity index (χ0) is 18.9. The predicted molar refractivity (Wildman–Crippen MR) is 88.9 cm³/mol. The van der Waals surface area contributed by atoms with Crippen molar-refractivity contribution in [1.82, 2.24) is 4.57 Å². The first-order chi connectivity index (χ1) is 12.2. The summed E-state index contributed by atoms with van der Waals surface area (Å²) in [7, 11) is 0. The van der Waals surface area contributed by atoms with E-state index in [0.717, 1.165) is 0 Å². The fourth-order valence-corrected chi connectivity index (χ4v) is 2.62. The van der Waals surface area contributed by atoms with Crippen molar-refractivity contribution in [2.24, 2.45) is 0 Å². The van der Waals surface area contributed by atoms with E-state index in [2.05, 4.69) is 4.74 Å². The molecule has 0 aliphatic carbocycles. The maximum absolute atomic E-state index is 12.2. The molecule has 26 heavy (non-hydrogen) atoms. The quantitative estimate of drug-likeness (QED) is 0.742. The molecule has 3 rings (SSSR count). The number of rotatable bonds is 5. The number of aromatic nitrogens is 1. The van der Waals surface area contributed by atoms with Gasteiger partial charge in [0, 0.05) is 6.54 Å². The average Bonchev–Trinajstić information content (AvgIpc) is 2.86. The van der Waals surface area contributed by atoms with Crippen molar-refractivity contribution < 1.29 is 27.4 Å². The first-order valence-electron chi connectivity index (χ1n) is 7.90. The summed E-state index contributed by atoms with van der Waals surface area (Å²) in [5, 5.41) is 9.42. The van der Waals surface area contributed by atoms with Gasteiger partial charge in [-0.15, -0.1) is 13.2 Å². The lowest BCUT2D eigenvalue weighted by Crippen LogP contribution is -2.17. The van der Waals surface area contributed by atoms with Crippen molar-refractivity contribution in [3.63, 3.8) is 0 Å². The highest BCUT2D eigenvalue weighted by atomic mass is 19.4. The molecule has 0 saturated heterocycles. The van der Waals surface area contributed by atoms with Crippen LogP contribution in [0, 0.1) is 0 Å². The van der Waals surface area contributed by atoms with Crippen LogP contribution >= 0.6 is 0 Å². The molecule has 0 aliphatic rings. The van der Waals surface area contributed by atoms with Crippen LogP contribution in [-0.2, 0) is 6.54 Å². The van der Waals surface area contributed by atoms with Gasteiger partial charge >= 0.3 is 12.1 Å². The second-order valence-electron chi connectivity index (χ2n) is 5.91. The largest absolute Gasteiger partial charge is 0.573 e. The standard InChI is InChI=1S/C18H16F3NO4/c1-11(23)8-9-22-15-10-13(4-7-16(15)25-17(22)24)12-2-5-14(6-3-12)26-18(19,20)21/h2-7,10-11,23H,8-9H2,1H3/t11-/m1/s1. The van der Waals surface area contributed by atoms with Gasteiger partial charge < -0.3 is 14.3 Å². The number of aliphatic hydroxyl groups is 1. The van der Waals surface area contributed by atoms with Crippen LogP contribution in [0.1, 0.15) is 13.3 Å². The van der Waals surface area contributed by atoms with Crippen LogP contribution in [0.3, 0.4) is 0 Å². The first-order valence-corrected chi connectivity index (χ1v) is 7.90. The third-order valence-corrected chi connectivity index (χ3v) is 3.86. The molecule has 1 heterocycles. The van der Waals surface area contributed by atoms with Gasteiger partial charge in [0.2, 0.25) is 0 Å². The molecule has 0 unspecified atom stereocenters. The van der Waals surface area contributed by atoms with Gasteiger partial charge in [0.25, 0.3) is 0 Å². The third-order valence-electron chi connectivity index (χ3n) is 3.86. The number of oxazole rings is 1. The van der Waals surface area contributed by atoms with Crippen LogP contribution in [-0.4, -0.2) is 22.1 Å². The number of nitrogens with zero attached hydrogens (tertiary/aromatic N) is 1. The lowest BCUT2D eigenvalue weighted by atomic mass is 10.1. The third kappa shape index (κ3) is 4.08. The monoisotopic (exact) mass is 367 g/mol. The van der Waals surface area contributed by atoms with E-state index < -0.39 is 18.2 Å².